The van der Waals surface area contributed by atoms with Crippen LogP contribution in [0, 0.1) is 12.7 Å². The van der Waals surface area contributed by atoms with Crippen LogP contribution < -0.4 is 10.6 Å². The number of hydrogen-bond acceptors (Lipinski definition) is 6. The van der Waals surface area contributed by atoms with Gasteiger partial charge in [0.2, 0.25) is 0 Å². The van der Waals surface area contributed by atoms with Crippen molar-refractivity contribution in [1.29, 1.82) is 0 Å². The third-order valence-corrected chi connectivity index (χ3v) is 3.78. The molecule has 0 saturated carbocycles. The molecule has 3 aromatic rings. The Balaban J connectivity index is 0.000000225. The SMILES string of the molecule is CC.Cc1ccc2nonc2c1.O=C(O)NCc1cccc(F)c1.OC1CCNC1. The van der Waals surface area contributed by atoms with Crippen molar-refractivity contribution in [2.75, 3.05) is 13.1 Å². The Kier molecular flexibility index (Phi) is 11.7. The van der Waals surface area contributed by atoms with Crippen molar-refractivity contribution in [3.8, 4) is 0 Å². The Hall–Kier alpha value is -3.04. The fourth-order valence-electron chi connectivity index (χ4n) is 2.36. The molecule has 1 fully saturated rings. The number of aliphatic hydroxyl groups is 1. The van der Waals surface area contributed by atoms with Gasteiger partial charge in [-0.3, -0.25) is 0 Å². The van der Waals surface area contributed by atoms with Crippen LogP contribution in [0.5, 0.6) is 0 Å². The highest BCUT2D eigenvalue weighted by molar-refractivity contribution is 5.73. The summed E-state index contributed by atoms with van der Waals surface area (Å²) in [5, 5.41) is 29.4. The molecule has 2 heterocycles. The number of benzene rings is 2. The van der Waals surface area contributed by atoms with E-state index in [4.69, 9.17) is 10.2 Å². The standard InChI is InChI=1S/C8H8FNO2.C7H6N2O.C4H9NO.C2H6/c9-7-3-1-2-6(4-7)5-10-8(11)12;1-5-2-3-6-7(4-5)9-10-8-6;6-4-1-2-5-3-4;1-2/h1-4,10H,5H2,(H,11,12);2-4H,1H3;4-6H,1-3H2;1-2H3. The molecular formula is C21H29FN4O4. The molecule has 2 aromatic carbocycles. The van der Waals surface area contributed by atoms with Crippen molar-refractivity contribution in [2.45, 2.75) is 39.8 Å². The minimum absolute atomic E-state index is 0.0648. The number of aliphatic hydroxyl groups excluding tert-OH is 1. The predicted molar refractivity (Wildman–Crippen MR) is 113 cm³/mol. The van der Waals surface area contributed by atoms with E-state index < -0.39 is 6.09 Å². The highest BCUT2D eigenvalue weighted by Gasteiger charge is 2.08. The number of aromatic nitrogens is 2. The van der Waals surface area contributed by atoms with E-state index in [0.29, 0.717) is 5.56 Å². The minimum Gasteiger partial charge on any atom is -0.465 e. The number of carbonyl (C=O) groups is 1. The van der Waals surface area contributed by atoms with Crippen LogP contribution in [0.15, 0.2) is 47.1 Å². The lowest BCUT2D eigenvalue weighted by Crippen LogP contribution is -2.19. The zero-order valence-electron chi connectivity index (χ0n) is 17.4. The van der Waals surface area contributed by atoms with Crippen LogP contribution in [0.4, 0.5) is 9.18 Å². The molecule has 4 rings (SSSR count). The van der Waals surface area contributed by atoms with E-state index in [-0.39, 0.29) is 18.5 Å². The molecule has 0 radical (unpaired) electrons. The van der Waals surface area contributed by atoms with Crippen molar-refractivity contribution < 1.29 is 24.0 Å². The van der Waals surface area contributed by atoms with Crippen LogP contribution in [0.25, 0.3) is 11.0 Å². The molecule has 1 atom stereocenters. The van der Waals surface area contributed by atoms with Gasteiger partial charge in [-0.1, -0.05) is 32.0 Å². The number of hydrogen-bond donors (Lipinski definition) is 4. The molecule has 0 bridgehead atoms. The first kappa shape index (κ1) is 25.0. The van der Waals surface area contributed by atoms with Gasteiger partial charge in [-0.15, -0.1) is 0 Å². The largest absolute Gasteiger partial charge is 0.465 e. The molecule has 30 heavy (non-hydrogen) atoms. The van der Waals surface area contributed by atoms with E-state index >= 15 is 0 Å². The smallest absolute Gasteiger partial charge is 0.404 e. The Bertz CT molecular complexity index is 882. The van der Waals surface area contributed by atoms with E-state index in [1.54, 1.807) is 6.07 Å². The second-order valence-corrected chi connectivity index (χ2v) is 6.19. The summed E-state index contributed by atoms with van der Waals surface area (Å²) >= 11 is 0. The van der Waals surface area contributed by atoms with Gasteiger partial charge in [0.25, 0.3) is 0 Å². The number of fused-ring (bicyclic) bond motifs is 1. The average molecular weight is 420 g/mol. The van der Waals surface area contributed by atoms with Gasteiger partial charge in [0, 0.05) is 13.1 Å². The Morgan fingerprint density at radius 2 is 1.97 bits per heavy atom. The van der Waals surface area contributed by atoms with Gasteiger partial charge in [0.1, 0.15) is 16.9 Å². The first-order valence-electron chi connectivity index (χ1n) is 9.73. The summed E-state index contributed by atoms with van der Waals surface area (Å²) in [7, 11) is 0. The zero-order valence-corrected chi connectivity index (χ0v) is 17.4. The number of β-amino-alcohol motifs (C(OH)–C–C–N with tert-alkyl or cyclic N) is 1. The third-order valence-electron chi connectivity index (χ3n) is 3.78. The summed E-state index contributed by atoms with van der Waals surface area (Å²) in [6, 6.07) is 11.6. The van der Waals surface area contributed by atoms with Gasteiger partial charge in [-0.05, 0) is 65.6 Å². The lowest BCUT2D eigenvalue weighted by molar-refractivity contribution is 0.193. The van der Waals surface area contributed by atoms with Gasteiger partial charge in [-0.2, -0.15) is 0 Å². The van der Waals surface area contributed by atoms with Gasteiger partial charge in [0.15, 0.2) is 0 Å². The van der Waals surface area contributed by atoms with Gasteiger partial charge < -0.3 is 20.8 Å². The van der Waals surface area contributed by atoms with Crippen molar-refractivity contribution in [1.82, 2.24) is 20.9 Å². The molecule has 1 saturated heterocycles. The van der Waals surface area contributed by atoms with Crippen molar-refractivity contribution in [3.05, 3.63) is 59.4 Å². The zero-order chi connectivity index (χ0) is 22.4. The van der Waals surface area contributed by atoms with Gasteiger partial charge >= 0.3 is 6.09 Å². The summed E-state index contributed by atoms with van der Waals surface area (Å²) in [4.78, 5) is 10.1. The summed E-state index contributed by atoms with van der Waals surface area (Å²) in [5.74, 6) is -0.361. The summed E-state index contributed by atoms with van der Waals surface area (Å²) in [5.41, 5.74) is 3.41. The van der Waals surface area contributed by atoms with E-state index in [1.165, 1.54) is 23.8 Å². The first-order chi connectivity index (χ1) is 14.4. The molecule has 1 aromatic heterocycles. The summed E-state index contributed by atoms with van der Waals surface area (Å²) in [6.07, 6.45) is -0.246. The normalized spacial score (nSPS) is 14.4. The molecule has 1 unspecified atom stereocenters. The quantitative estimate of drug-likeness (QED) is 0.501. The lowest BCUT2D eigenvalue weighted by Gasteiger charge is -2.00. The van der Waals surface area contributed by atoms with E-state index in [0.717, 1.165) is 30.5 Å². The monoisotopic (exact) mass is 420 g/mol. The average Bonchev–Trinajstić information content (AvgIpc) is 3.40. The number of aryl methyl sites for hydroxylation is 1. The van der Waals surface area contributed by atoms with Gasteiger partial charge in [0.05, 0.1) is 6.10 Å². The van der Waals surface area contributed by atoms with Crippen LogP contribution >= 0.6 is 0 Å². The molecule has 164 valence electrons. The van der Waals surface area contributed by atoms with Crippen molar-refractivity contribution in [2.24, 2.45) is 0 Å². The van der Waals surface area contributed by atoms with E-state index in [1.807, 2.05) is 39.0 Å². The van der Waals surface area contributed by atoms with Crippen LogP contribution in [0.3, 0.4) is 0 Å². The topological polar surface area (TPSA) is 121 Å². The molecule has 1 aliphatic heterocycles. The Morgan fingerprint density at radius 3 is 2.53 bits per heavy atom. The molecule has 4 N–H and O–H groups in total. The van der Waals surface area contributed by atoms with Crippen molar-refractivity contribution >= 4 is 17.1 Å². The summed E-state index contributed by atoms with van der Waals surface area (Å²) < 4.78 is 17.0. The lowest BCUT2D eigenvalue weighted by atomic mass is 10.2. The van der Waals surface area contributed by atoms with E-state index in [2.05, 4.69) is 25.6 Å². The fourth-order valence-corrected chi connectivity index (χ4v) is 2.36. The molecule has 1 aliphatic rings. The molecular weight excluding hydrogens is 391 g/mol. The highest BCUT2D eigenvalue weighted by Crippen LogP contribution is 2.09. The maximum Gasteiger partial charge on any atom is 0.404 e. The molecule has 0 aliphatic carbocycles. The minimum atomic E-state index is -1.11. The molecule has 1 amide bonds. The van der Waals surface area contributed by atoms with E-state index in [9.17, 15) is 9.18 Å². The number of nitrogens with one attached hydrogen (secondary N) is 2. The fraction of sp³-hybridized carbons (Fsp3) is 0.381. The van der Waals surface area contributed by atoms with Gasteiger partial charge in [-0.25, -0.2) is 13.8 Å². The molecule has 8 nitrogen and oxygen atoms in total. The maximum atomic E-state index is 12.5. The number of rotatable bonds is 2. The Morgan fingerprint density at radius 1 is 1.23 bits per heavy atom. The third kappa shape index (κ3) is 9.94. The van der Waals surface area contributed by atoms with Crippen LogP contribution in [-0.2, 0) is 6.54 Å². The second-order valence-electron chi connectivity index (χ2n) is 6.19. The number of nitrogens with zero attached hydrogens (tertiary/aromatic N) is 2. The molecule has 0 spiro atoms. The second kappa shape index (κ2) is 14.0. The highest BCUT2D eigenvalue weighted by atomic mass is 19.1. The van der Waals surface area contributed by atoms with Crippen molar-refractivity contribution in [3.63, 3.8) is 0 Å². The maximum absolute atomic E-state index is 12.5. The van der Waals surface area contributed by atoms with Crippen LogP contribution in [0.1, 0.15) is 31.4 Å². The molecule has 9 heteroatoms. The number of carboxylic acid groups (broad SMARTS) is 1. The van der Waals surface area contributed by atoms with Crippen LogP contribution in [-0.4, -0.2) is 45.8 Å². The van der Waals surface area contributed by atoms with Crippen LogP contribution in [0.2, 0.25) is 0 Å². The summed E-state index contributed by atoms with van der Waals surface area (Å²) in [6.45, 7) is 7.92. The number of amides is 1. The first-order valence-corrected chi connectivity index (χ1v) is 9.73. The Labute approximate surface area is 175 Å². The number of halogens is 1. The predicted octanol–water partition coefficient (Wildman–Crippen LogP) is 3.49.